The number of primary amides is 1. The van der Waals surface area contributed by atoms with E-state index in [1.807, 2.05) is 0 Å². The first-order chi connectivity index (χ1) is 30.9. The van der Waals surface area contributed by atoms with Gasteiger partial charge in [-0.2, -0.15) is 0 Å². The minimum Gasteiger partial charge on any atom is -0.481 e. The van der Waals surface area contributed by atoms with Crippen LogP contribution in [0.15, 0.2) is 0 Å². The largest absolute Gasteiger partial charge is 0.481 e. The Balaban J connectivity index is 3.23. The van der Waals surface area contributed by atoms with Crippen LogP contribution in [0.5, 0.6) is 0 Å². The van der Waals surface area contributed by atoms with Gasteiger partial charge in [0.2, 0.25) is 47.3 Å². The molecule has 25 heteroatoms. The number of nitrogens with one attached hydrogen (secondary N) is 7. The van der Waals surface area contributed by atoms with Crippen molar-refractivity contribution in [2.24, 2.45) is 17.6 Å². The van der Waals surface area contributed by atoms with Gasteiger partial charge in [0.25, 0.3) is 5.91 Å². The minimum absolute atomic E-state index is 0.0353. The number of carboxylic acids is 2. The van der Waals surface area contributed by atoms with E-state index in [4.69, 9.17) is 10.8 Å². The molecular formula is C41H73N11O14+2. The van der Waals surface area contributed by atoms with E-state index < -0.39 is 151 Å². The van der Waals surface area contributed by atoms with Crippen LogP contribution in [0.25, 0.3) is 0 Å². The number of aliphatic carboxylic acids is 2. The van der Waals surface area contributed by atoms with Crippen molar-refractivity contribution in [2.45, 2.75) is 160 Å². The van der Waals surface area contributed by atoms with Crippen LogP contribution in [-0.2, 0) is 52.7 Å². The van der Waals surface area contributed by atoms with E-state index in [2.05, 4.69) is 48.7 Å². The van der Waals surface area contributed by atoms with Crippen LogP contribution in [0, 0.1) is 11.8 Å². The minimum atomic E-state index is -1.73. The van der Waals surface area contributed by atoms with Crippen molar-refractivity contribution in [2.75, 3.05) is 19.7 Å². The van der Waals surface area contributed by atoms with Gasteiger partial charge in [0.1, 0.15) is 48.3 Å². The second-order valence-electron chi connectivity index (χ2n) is 17.0. The molecule has 0 aromatic rings. The Morgan fingerprint density at radius 3 is 1.73 bits per heavy atom. The molecule has 1 rings (SSSR count). The predicted octanol–water partition coefficient (Wildman–Crippen LogP) is -5.66. The zero-order valence-electron chi connectivity index (χ0n) is 38.8. The first-order valence-electron chi connectivity index (χ1n) is 22.3. The summed E-state index contributed by atoms with van der Waals surface area (Å²) < 4.78 is 0. The molecule has 1 fully saturated rings. The summed E-state index contributed by atoms with van der Waals surface area (Å²) in [5.41, 5.74) is 12.8. The number of nitrogens with zero attached hydrogens (tertiary/aromatic N) is 1. The molecule has 1 heterocycles. The van der Waals surface area contributed by atoms with Gasteiger partial charge in [-0.1, -0.05) is 34.1 Å². The Morgan fingerprint density at radius 2 is 1.21 bits per heavy atom. The van der Waals surface area contributed by atoms with E-state index in [0.29, 0.717) is 38.6 Å². The fraction of sp³-hybridized carbons (Fsp3) is 0.732. The molecule has 1 aliphatic rings. The number of rotatable bonds is 30. The van der Waals surface area contributed by atoms with E-state index in [9.17, 15) is 63.0 Å². The fourth-order valence-electron chi connectivity index (χ4n) is 6.79. The van der Waals surface area contributed by atoms with Crippen molar-refractivity contribution in [3.63, 3.8) is 0 Å². The average molecular weight is 944 g/mol. The number of nitrogens with two attached hydrogens (primary N) is 1. The average Bonchev–Trinajstić information content (AvgIpc) is 3.75. The number of amides is 9. The summed E-state index contributed by atoms with van der Waals surface area (Å²) in [5, 5.41) is 45.5. The highest BCUT2D eigenvalue weighted by Gasteiger charge is 2.41. The van der Waals surface area contributed by atoms with E-state index in [1.165, 1.54) is 11.8 Å². The smallest absolute Gasteiger partial charge is 0.326 e. The highest BCUT2D eigenvalue weighted by Crippen LogP contribution is 2.22. The summed E-state index contributed by atoms with van der Waals surface area (Å²) in [4.78, 5) is 143. The maximum Gasteiger partial charge on any atom is 0.326 e. The number of unbranched alkanes of at least 4 members (excludes halogenated alkanes) is 1. The Hall–Kier alpha value is -5.95. The lowest BCUT2D eigenvalue weighted by atomic mass is 9.97. The molecule has 0 aromatic carbocycles. The molecule has 0 aromatic heterocycles. The summed E-state index contributed by atoms with van der Waals surface area (Å²) in [7, 11) is 0. The zero-order chi connectivity index (χ0) is 50.4. The van der Waals surface area contributed by atoms with Crippen molar-refractivity contribution >= 4 is 65.1 Å². The van der Waals surface area contributed by atoms with E-state index in [-0.39, 0.29) is 25.3 Å². The molecule has 1 aliphatic heterocycles. The van der Waals surface area contributed by atoms with Crippen LogP contribution in [-0.4, -0.2) is 159 Å². The van der Waals surface area contributed by atoms with Gasteiger partial charge in [0, 0.05) is 19.4 Å². The quantitative estimate of drug-likeness (QED) is 0.0299. The molecule has 374 valence electrons. The Kier molecular flexibility index (Phi) is 25.4. The highest BCUT2D eigenvalue weighted by molar-refractivity contribution is 5.98. The summed E-state index contributed by atoms with van der Waals surface area (Å²) in [6.45, 7) is 9.58. The second-order valence-corrected chi connectivity index (χ2v) is 17.0. The third-order valence-electron chi connectivity index (χ3n) is 11.1. The van der Waals surface area contributed by atoms with Crippen LogP contribution in [0.2, 0.25) is 0 Å². The van der Waals surface area contributed by atoms with Gasteiger partial charge in [-0.15, -0.1) is 0 Å². The fourth-order valence-corrected chi connectivity index (χ4v) is 6.79. The number of hydrogen-bond donors (Lipinski definition) is 13. The van der Waals surface area contributed by atoms with Crippen LogP contribution >= 0.6 is 0 Å². The molecule has 25 nitrogen and oxygen atoms in total. The molecule has 0 aliphatic carbocycles. The number of quaternary nitrogens is 2. The number of likely N-dealkylation sites (tertiary alicyclic amines) is 1. The van der Waals surface area contributed by atoms with E-state index in [0.717, 1.165) is 0 Å². The van der Waals surface area contributed by atoms with Crippen LogP contribution in [0.3, 0.4) is 0 Å². The molecule has 18 N–H and O–H groups in total. The molecule has 0 spiro atoms. The van der Waals surface area contributed by atoms with Crippen molar-refractivity contribution in [1.82, 2.24) is 42.1 Å². The highest BCUT2D eigenvalue weighted by atomic mass is 16.4. The number of aliphatic hydroxyl groups is 1. The zero-order valence-corrected chi connectivity index (χ0v) is 38.8. The monoisotopic (exact) mass is 944 g/mol. The van der Waals surface area contributed by atoms with Gasteiger partial charge < -0.3 is 74.6 Å². The lowest BCUT2D eigenvalue weighted by Crippen LogP contribution is -2.68. The van der Waals surface area contributed by atoms with Crippen molar-refractivity contribution in [3.8, 4) is 0 Å². The molecule has 10 atom stereocenters. The van der Waals surface area contributed by atoms with Crippen LogP contribution in [0.1, 0.15) is 106 Å². The molecular weight excluding hydrogens is 871 g/mol. The summed E-state index contributed by atoms with van der Waals surface area (Å²) in [6, 6.07) is -11.3. The Morgan fingerprint density at radius 1 is 0.667 bits per heavy atom. The normalized spacial score (nSPS) is 17.5. The lowest BCUT2D eigenvalue weighted by Gasteiger charge is -2.32. The first kappa shape index (κ1) is 58.1. The van der Waals surface area contributed by atoms with Gasteiger partial charge in [-0.05, 0) is 70.6 Å². The van der Waals surface area contributed by atoms with Gasteiger partial charge in [-0.3, -0.25) is 47.9 Å². The third-order valence-corrected chi connectivity index (χ3v) is 11.1. The number of carbonyl (C=O) groups excluding carboxylic acids is 9. The molecule has 0 bridgehead atoms. The van der Waals surface area contributed by atoms with Crippen LogP contribution in [0.4, 0.5) is 0 Å². The first-order valence-corrected chi connectivity index (χ1v) is 22.3. The molecule has 0 saturated carbocycles. The van der Waals surface area contributed by atoms with Gasteiger partial charge in [-0.25, -0.2) is 4.79 Å². The summed E-state index contributed by atoms with van der Waals surface area (Å²) in [5.74, 6) is -10.8. The van der Waals surface area contributed by atoms with Gasteiger partial charge >= 0.3 is 11.9 Å². The third kappa shape index (κ3) is 19.3. The molecule has 9 amide bonds. The van der Waals surface area contributed by atoms with Crippen molar-refractivity contribution < 1.29 is 79.5 Å². The van der Waals surface area contributed by atoms with E-state index in [1.54, 1.807) is 34.6 Å². The topological polar surface area (TPSA) is 417 Å². The number of carbonyl (C=O) groups is 11. The Labute approximate surface area is 383 Å². The number of aliphatic hydroxyl groups excluding tert-OH is 1. The second kappa shape index (κ2) is 28.8. The van der Waals surface area contributed by atoms with Crippen molar-refractivity contribution in [3.05, 3.63) is 0 Å². The number of hydrogen-bond acceptors (Lipinski definition) is 12. The maximum absolute atomic E-state index is 13.8. The summed E-state index contributed by atoms with van der Waals surface area (Å²) >= 11 is 0. The van der Waals surface area contributed by atoms with E-state index >= 15 is 0 Å². The summed E-state index contributed by atoms with van der Waals surface area (Å²) in [6.07, 6.45) is 0.127. The molecule has 66 heavy (non-hydrogen) atoms. The lowest BCUT2D eigenvalue weighted by molar-refractivity contribution is -0.398. The molecule has 0 unspecified atom stereocenters. The van der Waals surface area contributed by atoms with Gasteiger partial charge in [0.15, 0.2) is 6.04 Å². The molecule has 1 saturated heterocycles. The SMILES string of the molecule is CC[C@H](C)[C@H](NC(=O)[C@@H]1CCCN1C(=O)[C@@H](NC(=O)[C@H](C)[NH3+])C(C)C)C(=O)N[C@@H](C)C(=O)N[C@@H](CCC(N)=O)C(=O)N[C@@H](CCCC[NH3+])C(=O)N[C@@H](CO)C(=O)N[C@@H](CCC(=O)O)C(=O)O. The standard InChI is InChI=1S/C41H71N11O14/c1-7-21(4)32(51-38(62)28-12-10-18-52(28)40(64)31(20(2)3)50-33(57)22(5)43)39(63)45-23(6)34(58)46-25(13-15-29(44)54)36(60)47-24(11-8-9-17-42)35(59)49-27(19-53)37(61)48-26(41(65)66)14-16-30(55)56/h20-28,31-32,53H,7-19,42-43H2,1-6H3,(H2,44,54)(H,45,63)(H,46,58)(H,47,60)(H,48,61)(H,49,59)(H,50,57)(H,51,62)(H,55,56)(H,65,66)/p+2/t21-,22-,23-,24-,25-,26-,27-,28-,31-,32-/m0/s1. The number of carboxylic acid groups (broad SMARTS) is 2. The molecule has 0 radical (unpaired) electrons. The maximum atomic E-state index is 13.8. The van der Waals surface area contributed by atoms with Crippen molar-refractivity contribution in [1.29, 1.82) is 0 Å². The van der Waals surface area contributed by atoms with Gasteiger partial charge in [0.05, 0.1) is 13.2 Å². The predicted molar refractivity (Wildman–Crippen MR) is 232 cm³/mol. The Bertz CT molecular complexity index is 1730. The van der Waals surface area contributed by atoms with Crippen LogP contribution < -0.4 is 54.4 Å².